The van der Waals surface area contributed by atoms with Gasteiger partial charge in [-0.05, 0) is 18.8 Å². The predicted octanol–water partition coefficient (Wildman–Crippen LogP) is -0.856. The van der Waals surface area contributed by atoms with Crippen molar-refractivity contribution in [1.82, 2.24) is 10.2 Å². The molecule has 0 bridgehead atoms. The maximum absolute atomic E-state index is 11.9. The Bertz CT molecular complexity index is 248. The fourth-order valence-corrected chi connectivity index (χ4v) is 1.95. The molecule has 1 heterocycles. The number of amides is 2. The summed E-state index contributed by atoms with van der Waals surface area (Å²) >= 11 is 0. The Morgan fingerprint density at radius 3 is 2.41 bits per heavy atom. The number of urea groups is 1. The Kier molecular flexibility index (Phi) is 5.17. The van der Waals surface area contributed by atoms with Crippen LogP contribution in [0.4, 0.5) is 4.79 Å². The minimum atomic E-state index is -1.34. The lowest BCUT2D eigenvalue weighted by Gasteiger charge is -2.35. The van der Waals surface area contributed by atoms with Crippen LogP contribution in [-0.4, -0.2) is 64.7 Å². The highest BCUT2D eigenvalue weighted by Gasteiger charge is 2.32. The van der Waals surface area contributed by atoms with Gasteiger partial charge in [0.2, 0.25) is 0 Å². The SMILES string of the molecule is CC1CCCN(C(=O)NC(CO)(CO)CO)C1. The van der Waals surface area contributed by atoms with E-state index in [0.717, 1.165) is 12.8 Å². The second kappa shape index (κ2) is 6.18. The molecule has 1 fully saturated rings. The summed E-state index contributed by atoms with van der Waals surface area (Å²) in [5, 5.41) is 29.9. The van der Waals surface area contributed by atoms with Gasteiger partial charge in [-0.15, -0.1) is 0 Å². The lowest BCUT2D eigenvalue weighted by Crippen LogP contribution is -2.60. The number of nitrogens with one attached hydrogen (secondary N) is 1. The van der Waals surface area contributed by atoms with E-state index in [0.29, 0.717) is 19.0 Å². The molecule has 1 saturated heterocycles. The molecule has 0 aromatic rings. The van der Waals surface area contributed by atoms with E-state index in [4.69, 9.17) is 15.3 Å². The summed E-state index contributed by atoms with van der Waals surface area (Å²) in [7, 11) is 0. The second-order valence-electron chi connectivity index (χ2n) is 4.88. The van der Waals surface area contributed by atoms with Gasteiger partial charge in [0.1, 0.15) is 5.54 Å². The van der Waals surface area contributed by atoms with Gasteiger partial charge in [0.15, 0.2) is 0 Å². The van der Waals surface area contributed by atoms with Gasteiger partial charge >= 0.3 is 6.03 Å². The second-order valence-corrected chi connectivity index (χ2v) is 4.88. The summed E-state index contributed by atoms with van der Waals surface area (Å²) in [6.07, 6.45) is 2.06. The van der Waals surface area contributed by atoms with Gasteiger partial charge in [0, 0.05) is 13.1 Å². The minimum Gasteiger partial charge on any atom is -0.394 e. The highest BCUT2D eigenvalue weighted by Crippen LogP contribution is 2.16. The molecule has 6 nitrogen and oxygen atoms in total. The molecule has 0 aromatic heterocycles. The molecule has 0 radical (unpaired) electrons. The third-order valence-corrected chi connectivity index (χ3v) is 3.22. The van der Waals surface area contributed by atoms with Crippen molar-refractivity contribution in [1.29, 1.82) is 0 Å². The zero-order valence-corrected chi connectivity index (χ0v) is 10.2. The molecular weight excluding hydrogens is 224 g/mol. The summed E-state index contributed by atoms with van der Waals surface area (Å²) in [5.74, 6) is 0.460. The number of hydrogen-bond donors (Lipinski definition) is 4. The lowest BCUT2D eigenvalue weighted by molar-refractivity contribution is 0.0431. The predicted molar refractivity (Wildman–Crippen MR) is 62.5 cm³/mol. The number of nitrogens with zero attached hydrogens (tertiary/aromatic N) is 1. The molecular formula is C11H22N2O4. The van der Waals surface area contributed by atoms with E-state index in [9.17, 15) is 4.79 Å². The lowest BCUT2D eigenvalue weighted by atomic mass is 10.00. The van der Waals surface area contributed by atoms with E-state index in [1.165, 1.54) is 0 Å². The molecule has 0 aliphatic carbocycles. The molecule has 17 heavy (non-hydrogen) atoms. The number of carbonyl (C=O) groups excluding carboxylic acids is 1. The Hall–Kier alpha value is -0.850. The van der Waals surface area contributed by atoms with Crippen molar-refractivity contribution in [3.05, 3.63) is 0 Å². The first kappa shape index (κ1) is 14.2. The summed E-state index contributed by atoms with van der Waals surface area (Å²) < 4.78 is 0. The van der Waals surface area contributed by atoms with Crippen LogP contribution < -0.4 is 5.32 Å². The highest BCUT2D eigenvalue weighted by molar-refractivity contribution is 5.75. The number of rotatable bonds is 4. The van der Waals surface area contributed by atoms with Crippen LogP contribution in [0.25, 0.3) is 0 Å². The number of aliphatic hydroxyl groups is 3. The average Bonchev–Trinajstić information content (AvgIpc) is 2.36. The van der Waals surface area contributed by atoms with Crippen molar-refractivity contribution in [3.8, 4) is 0 Å². The van der Waals surface area contributed by atoms with Crippen LogP contribution in [0.1, 0.15) is 19.8 Å². The molecule has 1 aliphatic heterocycles. The minimum absolute atomic E-state index is 0.339. The van der Waals surface area contributed by atoms with Crippen LogP contribution >= 0.6 is 0 Å². The zero-order valence-electron chi connectivity index (χ0n) is 10.2. The molecule has 2 amide bonds. The van der Waals surface area contributed by atoms with Gasteiger partial charge < -0.3 is 25.5 Å². The number of hydrogen-bond acceptors (Lipinski definition) is 4. The third kappa shape index (κ3) is 3.55. The van der Waals surface area contributed by atoms with Crippen molar-refractivity contribution < 1.29 is 20.1 Å². The molecule has 1 rings (SSSR count). The van der Waals surface area contributed by atoms with Crippen LogP contribution in [0.2, 0.25) is 0 Å². The molecule has 4 N–H and O–H groups in total. The summed E-state index contributed by atoms with van der Waals surface area (Å²) in [6.45, 7) is 1.95. The van der Waals surface area contributed by atoms with Crippen LogP contribution in [0.15, 0.2) is 0 Å². The molecule has 0 saturated carbocycles. The first-order valence-electron chi connectivity index (χ1n) is 5.96. The Morgan fingerprint density at radius 1 is 1.35 bits per heavy atom. The molecule has 0 spiro atoms. The number of likely N-dealkylation sites (tertiary alicyclic amines) is 1. The average molecular weight is 246 g/mol. The summed E-state index contributed by atoms with van der Waals surface area (Å²) in [5.41, 5.74) is -1.34. The van der Waals surface area contributed by atoms with E-state index in [1.54, 1.807) is 4.90 Å². The Morgan fingerprint density at radius 2 is 1.94 bits per heavy atom. The smallest absolute Gasteiger partial charge is 0.318 e. The topological polar surface area (TPSA) is 93.0 Å². The summed E-state index contributed by atoms with van der Waals surface area (Å²) in [4.78, 5) is 13.6. The molecule has 1 aliphatic rings. The van der Waals surface area contributed by atoms with E-state index < -0.39 is 25.4 Å². The van der Waals surface area contributed by atoms with E-state index in [2.05, 4.69) is 12.2 Å². The Labute approximate surface area is 101 Å². The first-order valence-corrected chi connectivity index (χ1v) is 5.96. The molecule has 1 atom stereocenters. The third-order valence-electron chi connectivity index (χ3n) is 3.22. The summed E-state index contributed by atoms with van der Waals surface area (Å²) in [6, 6.07) is -0.339. The van der Waals surface area contributed by atoms with Gasteiger partial charge in [-0.2, -0.15) is 0 Å². The van der Waals surface area contributed by atoms with Crippen LogP contribution in [0.5, 0.6) is 0 Å². The number of carbonyl (C=O) groups is 1. The van der Waals surface area contributed by atoms with Gasteiger partial charge in [-0.1, -0.05) is 6.92 Å². The number of aliphatic hydroxyl groups excluding tert-OH is 3. The molecule has 1 unspecified atom stereocenters. The van der Waals surface area contributed by atoms with E-state index in [1.807, 2.05) is 0 Å². The van der Waals surface area contributed by atoms with Gasteiger partial charge in [0.25, 0.3) is 0 Å². The van der Waals surface area contributed by atoms with Gasteiger partial charge in [0.05, 0.1) is 19.8 Å². The van der Waals surface area contributed by atoms with Crippen molar-refractivity contribution in [3.63, 3.8) is 0 Å². The monoisotopic (exact) mass is 246 g/mol. The largest absolute Gasteiger partial charge is 0.394 e. The van der Waals surface area contributed by atoms with Crippen molar-refractivity contribution in [2.75, 3.05) is 32.9 Å². The maximum Gasteiger partial charge on any atom is 0.318 e. The van der Waals surface area contributed by atoms with Crippen LogP contribution in [0.3, 0.4) is 0 Å². The zero-order chi connectivity index (χ0) is 12.9. The van der Waals surface area contributed by atoms with Crippen LogP contribution in [-0.2, 0) is 0 Å². The first-order chi connectivity index (χ1) is 8.06. The van der Waals surface area contributed by atoms with E-state index >= 15 is 0 Å². The molecule has 0 aromatic carbocycles. The highest BCUT2D eigenvalue weighted by atomic mass is 16.3. The standard InChI is InChI=1S/C11H22N2O4/c1-9-3-2-4-13(5-9)10(17)12-11(6-14,7-15)8-16/h9,14-16H,2-8H2,1H3,(H,12,17). The fraction of sp³-hybridized carbons (Fsp3) is 0.909. The van der Waals surface area contributed by atoms with Crippen molar-refractivity contribution >= 4 is 6.03 Å². The van der Waals surface area contributed by atoms with Crippen molar-refractivity contribution in [2.45, 2.75) is 25.3 Å². The quantitative estimate of drug-likeness (QED) is 0.519. The number of piperidine rings is 1. The van der Waals surface area contributed by atoms with E-state index in [-0.39, 0.29) is 6.03 Å². The van der Waals surface area contributed by atoms with Gasteiger partial charge in [-0.25, -0.2) is 4.79 Å². The molecule has 6 heteroatoms. The fourth-order valence-electron chi connectivity index (χ4n) is 1.95. The van der Waals surface area contributed by atoms with Crippen molar-refractivity contribution in [2.24, 2.45) is 5.92 Å². The molecule has 100 valence electrons. The normalized spacial score (nSPS) is 21.4. The van der Waals surface area contributed by atoms with Crippen LogP contribution in [0, 0.1) is 5.92 Å². The Balaban J connectivity index is 2.57. The maximum atomic E-state index is 11.9. The van der Waals surface area contributed by atoms with Gasteiger partial charge in [-0.3, -0.25) is 0 Å².